The van der Waals surface area contributed by atoms with Crippen molar-refractivity contribution in [3.63, 3.8) is 0 Å². The Hall–Kier alpha value is -4.14. The number of rotatable bonds is 4. The van der Waals surface area contributed by atoms with E-state index in [2.05, 4.69) is 86.5 Å². The molecule has 3 saturated carbocycles. The van der Waals surface area contributed by atoms with Crippen molar-refractivity contribution < 1.29 is 93.1 Å². The van der Waals surface area contributed by atoms with Gasteiger partial charge in [-0.05, 0) is 147 Å². The van der Waals surface area contributed by atoms with E-state index in [1.165, 1.54) is 23.3 Å². The highest BCUT2D eigenvalue weighted by molar-refractivity contribution is 14.1. The van der Waals surface area contributed by atoms with Gasteiger partial charge in [-0.2, -0.15) is 26.3 Å². The molecular formula is C65H73Br2F6IN4O14. The van der Waals surface area contributed by atoms with Crippen LogP contribution in [0.2, 0.25) is 0 Å². The van der Waals surface area contributed by atoms with E-state index < -0.39 is 29.5 Å². The SMILES string of the molecule is Brc1ccc(I)c(OCC2=CCC3(CC2)OCCO3)n1.Brc1ccc2c(n1)OCC21CCC2(CC1)OCCO2.FC(F)(F)c1ccc2c(n1)OCC21CCC2(CC1)OCCO2.O=C1CCC2(CC1)COc1nc(C(F)(F)F)ccc12.OCC1=CCC2(CC1)OCCO2. The Morgan fingerprint density at radius 3 is 1.26 bits per heavy atom. The molecule has 0 amide bonds. The normalized spacial score (nSPS) is 24.1. The molecule has 0 bridgehead atoms. The van der Waals surface area contributed by atoms with Gasteiger partial charge < -0.3 is 61.9 Å². The van der Waals surface area contributed by atoms with E-state index in [1.807, 2.05) is 24.3 Å². The first-order valence-electron chi connectivity index (χ1n) is 31.3. The van der Waals surface area contributed by atoms with Crippen LogP contribution < -0.4 is 18.9 Å². The Morgan fingerprint density at radius 1 is 0.467 bits per heavy atom. The van der Waals surface area contributed by atoms with E-state index in [0.717, 1.165) is 152 Å². The molecule has 7 fully saturated rings. The standard InChI is InChI=1S/C15H16F3NO3.C14H15BrINO3.C14H16BrNO3.C13H12F3NO2.C9H14O3/c16-15(17,18)11-2-1-10-12(19-11)20-9-13(10)3-5-14(6-4-13)21-7-8-22-14;15-12-2-1-11(16)13(17-12)18-9-10-3-5-14(6-4-10)19-7-8-20-14;15-11-2-1-10-12(16-11)17-9-13(10)3-5-14(6-4-13)18-7-8-19-14;14-13(15,16)10-2-1-9-11(17-10)19-7-12(9)5-3-8(18)4-6-12;10-7-8-1-3-9(4-2-8)11-5-6-12-9/h1-2H,3-9H2;1-3H,4-9H2;1-2H,3-9H2;1-2H,3-7H2;1,10H,2-7H2. The summed E-state index contributed by atoms with van der Waals surface area (Å²) in [4.78, 5) is 27.3. The van der Waals surface area contributed by atoms with Gasteiger partial charge in [-0.15, -0.1) is 0 Å². The molecule has 11 heterocycles. The van der Waals surface area contributed by atoms with Crippen molar-refractivity contribution in [3.8, 4) is 23.5 Å². The van der Waals surface area contributed by atoms with Gasteiger partial charge in [0.1, 0.15) is 33.0 Å². The molecule has 4 saturated heterocycles. The van der Waals surface area contributed by atoms with Crippen molar-refractivity contribution in [1.29, 1.82) is 0 Å². The first kappa shape index (κ1) is 67.8. The summed E-state index contributed by atoms with van der Waals surface area (Å²) in [6, 6.07) is 13.1. The number of alkyl halides is 6. The second kappa shape index (κ2) is 27.8. The first-order chi connectivity index (χ1) is 44.1. The van der Waals surface area contributed by atoms with Gasteiger partial charge in [-0.3, -0.25) is 4.79 Å². The lowest BCUT2D eigenvalue weighted by Gasteiger charge is -2.40. The van der Waals surface area contributed by atoms with Crippen molar-refractivity contribution in [2.45, 2.75) is 167 Å². The molecule has 5 aliphatic carbocycles. The number of ether oxygens (including phenoxy) is 12. The van der Waals surface area contributed by atoms with Crippen molar-refractivity contribution in [3.05, 3.63) is 113 Å². The van der Waals surface area contributed by atoms with E-state index >= 15 is 0 Å². The number of nitrogens with zero attached hydrogens (tertiary/aromatic N) is 4. The molecule has 1 N–H and O–H groups in total. The average molecular weight is 1540 g/mol. The number of ketones is 1. The van der Waals surface area contributed by atoms with Crippen molar-refractivity contribution >= 4 is 60.2 Å². The number of Topliss-reactive ketones (excluding diaryl/α,β-unsaturated/α-hetero) is 1. The fourth-order valence-corrected chi connectivity index (χ4v) is 15.3. The maximum Gasteiger partial charge on any atom is 0.433 e. The lowest BCUT2D eigenvalue weighted by Crippen LogP contribution is -2.42. The topological polar surface area (TPSA) is 200 Å². The second-order valence-corrected chi connectivity index (χ2v) is 28.0. The number of halogens is 9. The largest absolute Gasteiger partial charge is 0.476 e. The monoisotopic (exact) mass is 1530 g/mol. The molecule has 0 unspecified atom stereocenters. The molecule has 16 rings (SSSR count). The molecule has 12 aliphatic rings. The number of aliphatic hydroxyl groups is 1. The van der Waals surface area contributed by atoms with E-state index in [4.69, 9.17) is 61.9 Å². The minimum Gasteiger partial charge on any atom is -0.476 e. The molecule has 7 aliphatic heterocycles. The quantitative estimate of drug-likeness (QED) is 0.0874. The fourth-order valence-electron chi connectivity index (χ4n) is 14.2. The zero-order chi connectivity index (χ0) is 64.5. The third-order valence-electron chi connectivity index (χ3n) is 19.7. The Kier molecular flexibility index (Phi) is 20.5. The van der Waals surface area contributed by atoms with Crippen LogP contribution in [0.4, 0.5) is 26.3 Å². The van der Waals surface area contributed by atoms with Crippen molar-refractivity contribution in [1.82, 2.24) is 19.9 Å². The van der Waals surface area contributed by atoms with Crippen LogP contribution in [0.25, 0.3) is 0 Å². The maximum atomic E-state index is 12.7. The van der Waals surface area contributed by atoms with Crippen molar-refractivity contribution in [2.75, 3.05) is 85.9 Å². The predicted octanol–water partition coefficient (Wildman–Crippen LogP) is 13.2. The summed E-state index contributed by atoms with van der Waals surface area (Å²) in [7, 11) is 0. The van der Waals surface area contributed by atoms with E-state index in [1.54, 1.807) is 0 Å². The Balaban J connectivity index is 0.000000112. The molecule has 4 aromatic rings. The van der Waals surface area contributed by atoms with Crippen LogP contribution in [0.15, 0.2) is 81.0 Å². The Morgan fingerprint density at radius 2 is 0.848 bits per heavy atom. The molecule has 7 spiro atoms. The summed E-state index contributed by atoms with van der Waals surface area (Å²) in [5.41, 5.74) is 2.85. The lowest BCUT2D eigenvalue weighted by molar-refractivity contribution is -0.185. The van der Waals surface area contributed by atoms with Crippen LogP contribution in [0.5, 0.6) is 23.5 Å². The predicted molar refractivity (Wildman–Crippen MR) is 332 cm³/mol. The minimum atomic E-state index is -4.46. The number of carbonyl (C=O) groups excluding carboxylic acids is 1. The molecule has 18 nitrogen and oxygen atoms in total. The van der Waals surface area contributed by atoms with Gasteiger partial charge in [-0.1, -0.05) is 30.4 Å². The maximum absolute atomic E-state index is 12.7. The molecule has 500 valence electrons. The molecule has 0 aromatic carbocycles. The Bertz CT molecular complexity index is 3340. The van der Waals surface area contributed by atoms with Gasteiger partial charge in [0.05, 0.1) is 82.9 Å². The van der Waals surface area contributed by atoms with E-state index in [0.29, 0.717) is 96.6 Å². The number of aromatic nitrogens is 4. The number of aliphatic hydroxyl groups excluding tert-OH is 1. The highest BCUT2D eigenvalue weighted by Gasteiger charge is 2.53. The summed E-state index contributed by atoms with van der Waals surface area (Å²) in [6.07, 6.45) is 9.74. The van der Waals surface area contributed by atoms with Crippen LogP contribution >= 0.6 is 54.5 Å². The summed E-state index contributed by atoms with van der Waals surface area (Å²) >= 11 is 8.98. The number of pyridine rings is 4. The Labute approximate surface area is 559 Å². The summed E-state index contributed by atoms with van der Waals surface area (Å²) in [6.45, 7) is 7.71. The molecule has 27 heteroatoms. The highest BCUT2D eigenvalue weighted by Crippen LogP contribution is 2.54. The molecule has 92 heavy (non-hydrogen) atoms. The molecule has 0 atom stereocenters. The smallest absolute Gasteiger partial charge is 0.433 e. The number of fused-ring (bicyclic) bond motifs is 6. The molecular weight excluding hydrogens is 1460 g/mol. The average Bonchev–Trinajstić information content (AvgIpc) is 1.59. The fraction of sp³-hybridized carbons (Fsp3) is 0.615. The van der Waals surface area contributed by atoms with Crippen LogP contribution in [-0.4, -0.2) is 140 Å². The van der Waals surface area contributed by atoms with Gasteiger partial charge >= 0.3 is 12.4 Å². The zero-order valence-corrected chi connectivity index (χ0v) is 56.0. The van der Waals surface area contributed by atoms with Crippen LogP contribution in [0, 0.1) is 3.57 Å². The van der Waals surface area contributed by atoms with Crippen LogP contribution in [-0.2, 0) is 71.3 Å². The number of carbonyl (C=O) groups is 1. The number of hydrogen-bond acceptors (Lipinski definition) is 18. The molecule has 0 radical (unpaired) electrons. The highest BCUT2D eigenvalue weighted by atomic mass is 127. The third kappa shape index (κ3) is 15.0. The second-order valence-electron chi connectivity index (χ2n) is 25.3. The summed E-state index contributed by atoms with van der Waals surface area (Å²) in [5.74, 6) is 0.379. The third-order valence-corrected chi connectivity index (χ3v) is 21.4. The minimum absolute atomic E-state index is 0.0733. The van der Waals surface area contributed by atoms with Crippen molar-refractivity contribution in [2.24, 2.45) is 0 Å². The van der Waals surface area contributed by atoms with Gasteiger partial charge in [0, 0.05) is 97.1 Å². The van der Waals surface area contributed by atoms with E-state index in [9.17, 15) is 31.1 Å². The van der Waals surface area contributed by atoms with Gasteiger partial charge in [0.25, 0.3) is 0 Å². The van der Waals surface area contributed by atoms with Gasteiger partial charge in [-0.25, -0.2) is 19.9 Å². The lowest BCUT2D eigenvalue weighted by atomic mass is 9.69. The zero-order valence-electron chi connectivity index (χ0n) is 50.6. The van der Waals surface area contributed by atoms with Gasteiger partial charge in [0.2, 0.25) is 23.5 Å². The van der Waals surface area contributed by atoms with Crippen LogP contribution in [0.3, 0.4) is 0 Å². The first-order valence-corrected chi connectivity index (χ1v) is 34.0. The summed E-state index contributed by atoms with van der Waals surface area (Å²) < 4.78 is 147. The van der Waals surface area contributed by atoms with Crippen LogP contribution in [0.1, 0.15) is 144 Å². The van der Waals surface area contributed by atoms with E-state index in [-0.39, 0.29) is 57.8 Å². The summed E-state index contributed by atoms with van der Waals surface area (Å²) in [5, 5.41) is 8.87. The number of hydrogen-bond donors (Lipinski definition) is 1. The van der Waals surface area contributed by atoms with Gasteiger partial charge in [0.15, 0.2) is 23.1 Å². The molecule has 4 aromatic heterocycles.